The number of hydrogen-bond donors (Lipinski definition) is 2. The van der Waals surface area contributed by atoms with Gasteiger partial charge in [-0.3, -0.25) is 0 Å². The zero-order valence-corrected chi connectivity index (χ0v) is 17.2. The fourth-order valence-corrected chi connectivity index (χ4v) is 3.80. The monoisotopic (exact) mass is 394 g/mol. The number of aliphatic hydroxyl groups excluding tert-OH is 2. The van der Waals surface area contributed by atoms with E-state index in [-0.39, 0.29) is 12.7 Å². The van der Waals surface area contributed by atoms with Crippen molar-refractivity contribution < 1.29 is 19.7 Å². The number of rotatable bonds is 3. The Morgan fingerprint density at radius 3 is 2.07 bits per heavy atom. The number of aliphatic hydroxyl groups is 2. The van der Waals surface area contributed by atoms with Gasteiger partial charge in [-0.25, -0.2) is 4.79 Å². The summed E-state index contributed by atoms with van der Waals surface area (Å²) >= 11 is 0. The summed E-state index contributed by atoms with van der Waals surface area (Å²) in [5.41, 5.74) is 0.560. The van der Waals surface area contributed by atoms with Gasteiger partial charge in [0.2, 0.25) is 0 Å². The number of carbonyl (C=O) groups excluding carboxylic acids is 1. The van der Waals surface area contributed by atoms with Gasteiger partial charge in [0.1, 0.15) is 6.61 Å². The number of carbonyl (C=O) groups is 1. The van der Waals surface area contributed by atoms with E-state index in [1.807, 2.05) is 48.5 Å². The molecule has 0 spiro atoms. The third kappa shape index (κ3) is 5.34. The van der Waals surface area contributed by atoms with Gasteiger partial charge >= 0.3 is 5.97 Å². The molecule has 0 aromatic heterocycles. The summed E-state index contributed by atoms with van der Waals surface area (Å²) < 4.78 is 5.22. The highest BCUT2D eigenvalue weighted by atomic mass is 16.5. The first-order chi connectivity index (χ1) is 14.0. The van der Waals surface area contributed by atoms with E-state index >= 15 is 0 Å². The number of benzene rings is 3. The molecule has 2 N–H and O–H groups in total. The molecule has 154 valence electrons. The minimum Gasteiger partial charge on any atom is -0.459 e. The highest BCUT2D eigenvalue weighted by molar-refractivity contribution is 6.16. The molecular weight excluding hydrogens is 364 g/mol. The second kappa shape index (κ2) is 9.86. The van der Waals surface area contributed by atoms with Crippen LogP contribution >= 0.6 is 0 Å². The van der Waals surface area contributed by atoms with Crippen molar-refractivity contribution in [1.29, 1.82) is 0 Å². The van der Waals surface area contributed by atoms with Gasteiger partial charge in [0.15, 0.2) is 0 Å². The minimum atomic E-state index is -0.671. The lowest BCUT2D eigenvalue weighted by Crippen LogP contribution is -2.21. The van der Waals surface area contributed by atoms with Crippen LogP contribution in [0.3, 0.4) is 0 Å². The SMILES string of the molecule is CC(O)COC(=O)c1c2ccccc2cc2ccccc12.CC1CCCCC1O. The molecule has 1 aliphatic rings. The topological polar surface area (TPSA) is 66.8 Å². The Labute approximate surface area is 172 Å². The maximum atomic E-state index is 12.4. The summed E-state index contributed by atoms with van der Waals surface area (Å²) in [6, 6.07) is 17.6. The average Bonchev–Trinajstić information content (AvgIpc) is 2.73. The van der Waals surface area contributed by atoms with Crippen LogP contribution in [0.15, 0.2) is 54.6 Å². The number of ether oxygens (including phenoxy) is 1. The number of hydrogen-bond acceptors (Lipinski definition) is 4. The summed E-state index contributed by atoms with van der Waals surface area (Å²) in [5.74, 6) is 0.160. The van der Waals surface area contributed by atoms with E-state index in [4.69, 9.17) is 4.74 Å². The van der Waals surface area contributed by atoms with Gasteiger partial charge in [0.05, 0.1) is 17.8 Å². The molecule has 1 aliphatic carbocycles. The van der Waals surface area contributed by atoms with Crippen LogP contribution in [-0.4, -0.2) is 35.0 Å². The molecule has 0 amide bonds. The predicted molar refractivity (Wildman–Crippen MR) is 117 cm³/mol. The molecule has 3 aromatic rings. The van der Waals surface area contributed by atoms with E-state index < -0.39 is 12.1 Å². The van der Waals surface area contributed by atoms with Crippen LogP contribution in [-0.2, 0) is 4.74 Å². The Morgan fingerprint density at radius 1 is 1.03 bits per heavy atom. The van der Waals surface area contributed by atoms with Crippen molar-refractivity contribution >= 4 is 27.5 Å². The van der Waals surface area contributed by atoms with Gasteiger partial charge in [-0.15, -0.1) is 0 Å². The molecule has 3 unspecified atom stereocenters. The molecule has 29 heavy (non-hydrogen) atoms. The van der Waals surface area contributed by atoms with Crippen molar-refractivity contribution in [3.05, 3.63) is 60.2 Å². The Hall–Kier alpha value is -2.43. The lowest BCUT2D eigenvalue weighted by atomic mass is 9.88. The third-order valence-electron chi connectivity index (χ3n) is 5.50. The largest absolute Gasteiger partial charge is 0.459 e. The van der Waals surface area contributed by atoms with Gasteiger partial charge in [0.25, 0.3) is 0 Å². The fourth-order valence-electron chi connectivity index (χ4n) is 3.80. The van der Waals surface area contributed by atoms with Crippen LogP contribution in [0.1, 0.15) is 49.9 Å². The maximum Gasteiger partial charge on any atom is 0.339 e. The molecule has 1 saturated carbocycles. The molecule has 4 nitrogen and oxygen atoms in total. The average molecular weight is 395 g/mol. The number of esters is 1. The van der Waals surface area contributed by atoms with Gasteiger partial charge in [0, 0.05) is 0 Å². The molecule has 0 aliphatic heterocycles. The molecule has 4 rings (SSSR count). The quantitative estimate of drug-likeness (QED) is 0.480. The fraction of sp³-hybridized carbons (Fsp3) is 0.400. The van der Waals surface area contributed by atoms with Crippen molar-refractivity contribution in [1.82, 2.24) is 0 Å². The van der Waals surface area contributed by atoms with Gasteiger partial charge in [-0.05, 0) is 53.3 Å². The molecule has 3 aromatic carbocycles. The number of fused-ring (bicyclic) bond motifs is 2. The van der Waals surface area contributed by atoms with E-state index in [0.29, 0.717) is 11.5 Å². The summed E-state index contributed by atoms with van der Waals surface area (Å²) in [4.78, 5) is 12.4. The molecule has 4 heteroatoms. The third-order valence-corrected chi connectivity index (χ3v) is 5.50. The van der Waals surface area contributed by atoms with Crippen LogP contribution in [0, 0.1) is 5.92 Å². The van der Waals surface area contributed by atoms with E-state index in [0.717, 1.165) is 28.0 Å². The first-order valence-electron chi connectivity index (χ1n) is 10.4. The highest BCUT2D eigenvalue weighted by Gasteiger charge is 2.18. The maximum absolute atomic E-state index is 12.4. The van der Waals surface area contributed by atoms with Crippen LogP contribution in [0.4, 0.5) is 0 Å². The minimum absolute atomic E-state index is 0.00347. The van der Waals surface area contributed by atoms with E-state index in [1.165, 1.54) is 19.3 Å². The van der Waals surface area contributed by atoms with Crippen LogP contribution in [0.25, 0.3) is 21.5 Å². The van der Waals surface area contributed by atoms with Crippen molar-refractivity contribution in [2.75, 3.05) is 6.61 Å². The summed E-state index contributed by atoms with van der Waals surface area (Å²) in [5, 5.41) is 22.2. The Kier molecular flexibility index (Phi) is 7.24. The summed E-state index contributed by atoms with van der Waals surface area (Å²) in [7, 11) is 0. The standard InChI is InChI=1S/C18H16O3.C7H14O/c1-12(19)11-21-18(20)17-15-8-4-2-6-13(15)10-14-7-3-5-9-16(14)17;1-6-4-2-3-5-7(6)8/h2-10,12,19H,11H2,1H3;6-8H,2-5H2,1H3. The van der Waals surface area contributed by atoms with Crippen LogP contribution in [0.5, 0.6) is 0 Å². The lowest BCUT2D eigenvalue weighted by molar-refractivity contribution is 0.0300. The lowest BCUT2D eigenvalue weighted by Gasteiger charge is -2.23. The molecule has 0 heterocycles. The smallest absolute Gasteiger partial charge is 0.339 e. The van der Waals surface area contributed by atoms with Gasteiger partial charge in [-0.1, -0.05) is 68.3 Å². The molecule has 0 radical (unpaired) electrons. The van der Waals surface area contributed by atoms with E-state index in [9.17, 15) is 15.0 Å². The zero-order valence-electron chi connectivity index (χ0n) is 17.2. The van der Waals surface area contributed by atoms with Crippen molar-refractivity contribution in [3.8, 4) is 0 Å². The van der Waals surface area contributed by atoms with E-state index in [1.54, 1.807) is 6.92 Å². The highest BCUT2D eigenvalue weighted by Crippen LogP contribution is 2.29. The zero-order chi connectivity index (χ0) is 20.8. The molecule has 0 saturated heterocycles. The van der Waals surface area contributed by atoms with Crippen molar-refractivity contribution in [3.63, 3.8) is 0 Å². The van der Waals surface area contributed by atoms with Crippen molar-refractivity contribution in [2.24, 2.45) is 5.92 Å². The first kappa shape index (κ1) is 21.3. The second-order valence-electron chi connectivity index (χ2n) is 7.97. The first-order valence-corrected chi connectivity index (χ1v) is 10.4. The van der Waals surface area contributed by atoms with Crippen LogP contribution in [0.2, 0.25) is 0 Å². The predicted octanol–water partition coefficient (Wildman–Crippen LogP) is 5.09. The molecule has 1 fully saturated rings. The summed E-state index contributed by atoms with van der Waals surface area (Å²) in [6.45, 7) is 3.72. The normalized spacial score (nSPS) is 20.0. The summed E-state index contributed by atoms with van der Waals surface area (Å²) in [6.07, 6.45) is 4.13. The molecule has 3 atom stereocenters. The van der Waals surface area contributed by atoms with Gasteiger partial charge in [-0.2, -0.15) is 0 Å². The Balaban J connectivity index is 0.000000252. The Morgan fingerprint density at radius 2 is 1.59 bits per heavy atom. The van der Waals surface area contributed by atoms with Gasteiger partial charge < -0.3 is 14.9 Å². The molecular formula is C25H30O4. The molecule has 0 bridgehead atoms. The Bertz CT molecular complexity index is 899. The second-order valence-corrected chi connectivity index (χ2v) is 7.97. The van der Waals surface area contributed by atoms with Crippen molar-refractivity contribution in [2.45, 2.75) is 51.7 Å². The van der Waals surface area contributed by atoms with E-state index in [2.05, 4.69) is 13.0 Å². The van der Waals surface area contributed by atoms with Crippen LogP contribution < -0.4 is 0 Å².